The van der Waals surface area contributed by atoms with Gasteiger partial charge in [0.1, 0.15) is 12.0 Å². The lowest BCUT2D eigenvalue weighted by atomic mass is 9.75. The number of carbonyl (C=O) groups is 2. The van der Waals surface area contributed by atoms with Crippen LogP contribution in [0.25, 0.3) is 11.1 Å². The fraction of sp³-hybridized carbons (Fsp3) is 0.364. The lowest BCUT2D eigenvalue weighted by Gasteiger charge is -2.40. The van der Waals surface area contributed by atoms with E-state index in [2.05, 4.69) is 5.32 Å². The van der Waals surface area contributed by atoms with Crippen LogP contribution in [0, 0.1) is 17.8 Å². The zero-order chi connectivity index (χ0) is 20.9. The summed E-state index contributed by atoms with van der Waals surface area (Å²) >= 11 is 0. The van der Waals surface area contributed by atoms with E-state index < -0.39 is 47.8 Å². The first kappa shape index (κ1) is 19.5. The first-order valence-electron chi connectivity index (χ1n) is 9.56. The molecule has 2 aliphatic rings. The van der Waals surface area contributed by atoms with Gasteiger partial charge in [0.05, 0.1) is 6.04 Å². The van der Waals surface area contributed by atoms with Crippen LogP contribution in [-0.2, 0) is 9.59 Å². The molecule has 1 aliphatic carbocycles. The minimum absolute atomic E-state index is 0.439. The number of benzene rings is 2. The van der Waals surface area contributed by atoms with Crippen molar-refractivity contribution in [3.63, 3.8) is 0 Å². The van der Waals surface area contributed by atoms with Gasteiger partial charge in [0.15, 0.2) is 0 Å². The molecule has 0 saturated carbocycles. The number of hydrogen-bond acceptors (Lipinski definition) is 2. The van der Waals surface area contributed by atoms with E-state index in [0.29, 0.717) is 0 Å². The molecule has 1 heterocycles. The third-order valence-corrected chi connectivity index (χ3v) is 6.22. The molecule has 4 rings (SSSR count). The number of alkyl halides is 3. The monoisotopic (exact) mass is 402 g/mol. The summed E-state index contributed by atoms with van der Waals surface area (Å²) in [7, 11) is 0. The van der Waals surface area contributed by atoms with Crippen LogP contribution in [-0.4, -0.2) is 24.0 Å². The number of piperidine rings is 1. The summed E-state index contributed by atoms with van der Waals surface area (Å²) in [6.07, 6.45) is -4.55. The number of hydrogen-bond donors (Lipinski definition) is 2. The molecular formula is C22H21F3N2O2. The van der Waals surface area contributed by atoms with Crippen molar-refractivity contribution in [2.75, 3.05) is 0 Å². The van der Waals surface area contributed by atoms with Crippen molar-refractivity contribution in [1.82, 2.24) is 10.6 Å². The second-order valence-corrected chi connectivity index (χ2v) is 7.84. The van der Waals surface area contributed by atoms with E-state index in [0.717, 1.165) is 22.3 Å². The van der Waals surface area contributed by atoms with Crippen LogP contribution in [0.2, 0.25) is 0 Å². The maximum Gasteiger partial charge on any atom is 0.408 e. The third kappa shape index (κ3) is 3.18. The number of nitrogens with one attached hydrogen (secondary N) is 2. The fourth-order valence-electron chi connectivity index (χ4n) is 4.50. The predicted molar refractivity (Wildman–Crippen MR) is 102 cm³/mol. The summed E-state index contributed by atoms with van der Waals surface area (Å²) in [4.78, 5) is 25.5. The Labute approximate surface area is 166 Å². The Morgan fingerprint density at radius 3 is 1.97 bits per heavy atom. The van der Waals surface area contributed by atoms with E-state index in [9.17, 15) is 22.8 Å². The number of amides is 2. The Kier molecular flexibility index (Phi) is 4.63. The van der Waals surface area contributed by atoms with Crippen LogP contribution in [0.15, 0.2) is 48.5 Å². The Balaban J connectivity index is 1.61. The van der Waals surface area contributed by atoms with Gasteiger partial charge in [0, 0.05) is 0 Å². The zero-order valence-corrected chi connectivity index (χ0v) is 16.0. The Morgan fingerprint density at radius 1 is 0.931 bits per heavy atom. The van der Waals surface area contributed by atoms with Crippen LogP contribution >= 0.6 is 0 Å². The van der Waals surface area contributed by atoms with Gasteiger partial charge in [0.2, 0.25) is 11.8 Å². The molecule has 0 bridgehead atoms. The highest BCUT2D eigenvalue weighted by Crippen LogP contribution is 2.44. The number of rotatable bonds is 2. The first-order chi connectivity index (χ1) is 13.7. The van der Waals surface area contributed by atoms with Crippen LogP contribution in [0.3, 0.4) is 0 Å². The average molecular weight is 402 g/mol. The van der Waals surface area contributed by atoms with Crippen molar-refractivity contribution in [2.45, 2.75) is 32.1 Å². The summed E-state index contributed by atoms with van der Waals surface area (Å²) in [6.45, 7) is 2.95. The van der Waals surface area contributed by atoms with Crippen LogP contribution in [0.4, 0.5) is 13.2 Å². The van der Waals surface area contributed by atoms with E-state index in [4.69, 9.17) is 0 Å². The molecule has 7 heteroatoms. The standard InChI is InChI=1S/C22H21F3N2O2/c1-11-12(2)19(22(23,24)25)27-21(29)17(11)20(28)26-18-15-9-5-3-7-13(15)14-8-4-6-10-16(14)18/h3-12,17-19H,1-2H3,(H,26,28)(H,27,29). The predicted octanol–water partition coefficient (Wildman–Crippen LogP) is 3.82. The number of fused-ring (bicyclic) bond motifs is 3. The summed E-state index contributed by atoms with van der Waals surface area (Å²) in [5.74, 6) is -4.27. The highest BCUT2D eigenvalue weighted by Gasteiger charge is 2.53. The Bertz CT molecular complexity index is 927. The highest BCUT2D eigenvalue weighted by atomic mass is 19.4. The molecular weight excluding hydrogens is 381 g/mol. The van der Waals surface area contributed by atoms with E-state index in [1.165, 1.54) is 13.8 Å². The van der Waals surface area contributed by atoms with Gasteiger partial charge in [-0.15, -0.1) is 0 Å². The van der Waals surface area contributed by atoms with Gasteiger partial charge in [-0.05, 0) is 34.1 Å². The van der Waals surface area contributed by atoms with Gasteiger partial charge >= 0.3 is 6.18 Å². The molecule has 1 aliphatic heterocycles. The molecule has 0 aromatic heterocycles. The average Bonchev–Trinajstić information content (AvgIpc) is 2.98. The quantitative estimate of drug-likeness (QED) is 0.751. The lowest BCUT2D eigenvalue weighted by Crippen LogP contribution is -2.61. The largest absolute Gasteiger partial charge is 0.408 e. The van der Waals surface area contributed by atoms with Crippen molar-refractivity contribution in [3.8, 4) is 11.1 Å². The Hall–Kier alpha value is -2.83. The second kappa shape index (κ2) is 6.90. The maximum atomic E-state index is 13.2. The summed E-state index contributed by atoms with van der Waals surface area (Å²) in [6, 6.07) is 12.9. The van der Waals surface area contributed by atoms with Gasteiger partial charge in [-0.2, -0.15) is 13.2 Å². The van der Waals surface area contributed by atoms with E-state index in [1.54, 1.807) is 0 Å². The highest BCUT2D eigenvalue weighted by molar-refractivity contribution is 6.02. The van der Waals surface area contributed by atoms with Crippen LogP contribution in [0.1, 0.15) is 31.0 Å². The number of halogens is 3. The molecule has 0 radical (unpaired) electrons. The van der Waals surface area contributed by atoms with Gasteiger partial charge < -0.3 is 10.6 Å². The minimum Gasteiger partial charge on any atom is -0.344 e. The summed E-state index contributed by atoms with van der Waals surface area (Å²) < 4.78 is 39.6. The first-order valence-corrected chi connectivity index (χ1v) is 9.56. The molecule has 2 aromatic carbocycles. The molecule has 29 heavy (non-hydrogen) atoms. The van der Waals surface area contributed by atoms with Crippen molar-refractivity contribution in [2.24, 2.45) is 17.8 Å². The maximum absolute atomic E-state index is 13.2. The van der Waals surface area contributed by atoms with Gasteiger partial charge in [0.25, 0.3) is 0 Å². The molecule has 1 saturated heterocycles. The molecule has 4 unspecified atom stereocenters. The van der Waals surface area contributed by atoms with E-state index in [1.807, 2.05) is 53.8 Å². The third-order valence-electron chi connectivity index (χ3n) is 6.22. The molecule has 4 atom stereocenters. The molecule has 152 valence electrons. The zero-order valence-electron chi connectivity index (χ0n) is 16.0. The van der Waals surface area contributed by atoms with Crippen LogP contribution < -0.4 is 10.6 Å². The molecule has 0 spiro atoms. The fourth-order valence-corrected chi connectivity index (χ4v) is 4.50. The Morgan fingerprint density at radius 2 is 1.45 bits per heavy atom. The van der Waals surface area contributed by atoms with E-state index >= 15 is 0 Å². The normalized spacial score (nSPS) is 26.4. The van der Waals surface area contributed by atoms with Crippen molar-refractivity contribution in [1.29, 1.82) is 0 Å². The molecule has 1 fully saturated rings. The minimum atomic E-state index is -4.55. The van der Waals surface area contributed by atoms with Crippen molar-refractivity contribution >= 4 is 11.8 Å². The molecule has 2 aromatic rings. The lowest BCUT2D eigenvalue weighted by molar-refractivity contribution is -0.186. The summed E-state index contributed by atoms with van der Waals surface area (Å²) in [5, 5.41) is 4.92. The SMILES string of the molecule is CC1C(C(=O)NC2c3ccccc3-c3ccccc32)C(=O)NC(C(F)(F)F)C1C. The second-order valence-electron chi connectivity index (χ2n) is 7.84. The molecule has 2 amide bonds. The van der Waals surface area contributed by atoms with E-state index in [-0.39, 0.29) is 0 Å². The van der Waals surface area contributed by atoms with Crippen molar-refractivity contribution in [3.05, 3.63) is 59.7 Å². The van der Waals surface area contributed by atoms with Gasteiger partial charge in [-0.1, -0.05) is 62.4 Å². The van der Waals surface area contributed by atoms with Gasteiger partial charge in [-0.3, -0.25) is 9.59 Å². The molecule has 4 nitrogen and oxygen atoms in total. The smallest absolute Gasteiger partial charge is 0.344 e. The van der Waals surface area contributed by atoms with Crippen molar-refractivity contribution < 1.29 is 22.8 Å². The van der Waals surface area contributed by atoms with Gasteiger partial charge in [-0.25, -0.2) is 0 Å². The van der Waals surface area contributed by atoms with Crippen LogP contribution in [0.5, 0.6) is 0 Å². The molecule has 2 N–H and O–H groups in total. The summed E-state index contributed by atoms with van der Waals surface area (Å²) in [5.41, 5.74) is 3.82. The topological polar surface area (TPSA) is 58.2 Å². The number of carbonyl (C=O) groups excluding carboxylic acids is 2.